The first-order valence-electron chi connectivity index (χ1n) is 7.35. The van der Waals surface area contributed by atoms with Crippen LogP contribution in [0, 0.1) is 0 Å². The van der Waals surface area contributed by atoms with Gasteiger partial charge in [0.1, 0.15) is 12.1 Å². The van der Waals surface area contributed by atoms with E-state index in [-0.39, 0.29) is 26.2 Å². The van der Waals surface area contributed by atoms with E-state index in [0.717, 1.165) is 4.90 Å². The van der Waals surface area contributed by atoms with Gasteiger partial charge in [-0.25, -0.2) is 4.79 Å². The van der Waals surface area contributed by atoms with E-state index in [2.05, 4.69) is 5.32 Å². The zero-order chi connectivity index (χ0) is 19.0. The van der Waals surface area contributed by atoms with Crippen LogP contribution in [0.1, 0.15) is 27.2 Å². The van der Waals surface area contributed by atoms with E-state index in [0.29, 0.717) is 0 Å². The van der Waals surface area contributed by atoms with E-state index in [1.165, 1.54) is 7.11 Å². The minimum absolute atomic E-state index is 0.0873. The molecule has 0 fully saturated rings. The Labute approximate surface area is 139 Å². The second-order valence-electron chi connectivity index (χ2n) is 6.09. The SMILES string of the molecule is COCCN(CC(=O)NCCC(O)C(F)(F)F)C(=O)OC(C)(C)C. The standard InChI is InChI=1S/C14H25F3N2O5/c1-13(2,3)24-12(22)19(7-8-23-4)9-11(21)18-6-5-10(20)14(15,16)17/h10,20H,5-9H2,1-4H3,(H,18,21). The highest BCUT2D eigenvalue weighted by Crippen LogP contribution is 2.21. The summed E-state index contributed by atoms with van der Waals surface area (Å²) in [7, 11) is 1.42. The Bertz CT molecular complexity index is 410. The quantitative estimate of drug-likeness (QED) is 0.683. The van der Waals surface area contributed by atoms with Crippen LogP contribution < -0.4 is 5.32 Å². The van der Waals surface area contributed by atoms with Crippen molar-refractivity contribution in [1.82, 2.24) is 10.2 Å². The predicted octanol–water partition coefficient (Wildman–Crippen LogP) is 1.30. The lowest BCUT2D eigenvalue weighted by Crippen LogP contribution is -2.45. The molecule has 0 saturated heterocycles. The fourth-order valence-electron chi connectivity index (χ4n) is 1.50. The van der Waals surface area contributed by atoms with Gasteiger partial charge in [-0.2, -0.15) is 13.2 Å². The number of methoxy groups -OCH3 is 1. The van der Waals surface area contributed by atoms with Crippen LogP contribution >= 0.6 is 0 Å². The van der Waals surface area contributed by atoms with Crippen LogP contribution in [0.3, 0.4) is 0 Å². The van der Waals surface area contributed by atoms with Crippen molar-refractivity contribution < 1.29 is 37.3 Å². The van der Waals surface area contributed by atoms with Crippen molar-refractivity contribution in [1.29, 1.82) is 0 Å². The van der Waals surface area contributed by atoms with Gasteiger partial charge in [0.2, 0.25) is 5.91 Å². The number of aliphatic hydroxyl groups is 1. The Morgan fingerprint density at radius 2 is 1.83 bits per heavy atom. The van der Waals surface area contributed by atoms with Gasteiger partial charge in [0.15, 0.2) is 6.10 Å². The second-order valence-corrected chi connectivity index (χ2v) is 6.09. The highest BCUT2D eigenvalue weighted by molar-refractivity contribution is 5.82. The number of nitrogens with zero attached hydrogens (tertiary/aromatic N) is 1. The maximum Gasteiger partial charge on any atom is 0.414 e. The highest BCUT2D eigenvalue weighted by Gasteiger charge is 2.37. The van der Waals surface area contributed by atoms with Gasteiger partial charge in [0.05, 0.1) is 6.61 Å². The van der Waals surface area contributed by atoms with Gasteiger partial charge in [-0.05, 0) is 27.2 Å². The summed E-state index contributed by atoms with van der Waals surface area (Å²) < 4.78 is 46.4. The molecule has 7 nitrogen and oxygen atoms in total. The first-order chi connectivity index (χ1) is 10.9. The number of aliphatic hydroxyl groups excluding tert-OH is 1. The molecule has 0 aromatic carbocycles. The molecule has 0 aliphatic rings. The lowest BCUT2D eigenvalue weighted by molar-refractivity contribution is -0.205. The molecule has 0 aliphatic heterocycles. The van der Waals surface area contributed by atoms with Crippen LogP contribution in [0.2, 0.25) is 0 Å². The van der Waals surface area contributed by atoms with Gasteiger partial charge in [-0.3, -0.25) is 9.69 Å². The molecule has 0 aliphatic carbocycles. The molecule has 0 aromatic rings. The normalized spacial score (nSPS) is 13.3. The van der Waals surface area contributed by atoms with Crippen LogP contribution in [-0.2, 0) is 14.3 Å². The fraction of sp³-hybridized carbons (Fsp3) is 0.857. The van der Waals surface area contributed by atoms with Crippen molar-refractivity contribution in [2.24, 2.45) is 0 Å². The van der Waals surface area contributed by atoms with E-state index in [9.17, 15) is 22.8 Å². The minimum atomic E-state index is -4.73. The van der Waals surface area contributed by atoms with E-state index in [1.54, 1.807) is 20.8 Å². The Morgan fingerprint density at radius 3 is 2.29 bits per heavy atom. The molecule has 1 unspecified atom stereocenters. The lowest BCUT2D eigenvalue weighted by atomic mass is 10.2. The molecule has 0 rings (SSSR count). The highest BCUT2D eigenvalue weighted by atomic mass is 19.4. The van der Waals surface area contributed by atoms with E-state index >= 15 is 0 Å². The maximum absolute atomic E-state index is 12.1. The average Bonchev–Trinajstić information content (AvgIpc) is 2.40. The number of hydrogen-bond donors (Lipinski definition) is 2. The zero-order valence-corrected chi connectivity index (χ0v) is 14.3. The summed E-state index contributed by atoms with van der Waals surface area (Å²) in [6, 6.07) is 0. The fourth-order valence-corrected chi connectivity index (χ4v) is 1.50. The van der Waals surface area contributed by atoms with Crippen LogP contribution in [0.15, 0.2) is 0 Å². The van der Waals surface area contributed by atoms with Gasteiger partial charge in [-0.15, -0.1) is 0 Å². The third-order valence-electron chi connectivity index (χ3n) is 2.67. The molecule has 2 amide bonds. The Hall–Kier alpha value is -1.55. The van der Waals surface area contributed by atoms with Crippen molar-refractivity contribution in [2.45, 2.75) is 45.1 Å². The average molecular weight is 358 g/mol. The van der Waals surface area contributed by atoms with Crippen molar-refractivity contribution in [3.63, 3.8) is 0 Å². The summed E-state index contributed by atoms with van der Waals surface area (Å²) in [6.45, 7) is 4.49. The number of alkyl halides is 3. The summed E-state index contributed by atoms with van der Waals surface area (Å²) >= 11 is 0. The van der Waals surface area contributed by atoms with Gasteiger partial charge >= 0.3 is 12.3 Å². The number of rotatable bonds is 8. The van der Waals surface area contributed by atoms with Crippen LogP contribution in [-0.4, -0.2) is 73.2 Å². The largest absolute Gasteiger partial charge is 0.444 e. The van der Waals surface area contributed by atoms with Gasteiger partial charge in [0, 0.05) is 20.2 Å². The number of ether oxygens (including phenoxy) is 2. The number of halogens is 3. The minimum Gasteiger partial charge on any atom is -0.444 e. The number of hydrogen-bond acceptors (Lipinski definition) is 5. The Kier molecular flexibility index (Phi) is 9.05. The molecule has 10 heteroatoms. The molecular weight excluding hydrogens is 333 g/mol. The number of carbonyl (C=O) groups is 2. The smallest absolute Gasteiger partial charge is 0.414 e. The molecule has 0 saturated carbocycles. The van der Waals surface area contributed by atoms with Crippen molar-refractivity contribution in [3.05, 3.63) is 0 Å². The van der Waals surface area contributed by atoms with Crippen molar-refractivity contribution in [3.8, 4) is 0 Å². The summed E-state index contributed by atoms with van der Waals surface area (Å²) in [5.41, 5.74) is -0.754. The van der Waals surface area contributed by atoms with E-state index < -0.39 is 36.3 Å². The van der Waals surface area contributed by atoms with Crippen LogP contribution in [0.25, 0.3) is 0 Å². The van der Waals surface area contributed by atoms with Crippen LogP contribution in [0.4, 0.5) is 18.0 Å². The van der Waals surface area contributed by atoms with E-state index in [1.807, 2.05) is 0 Å². The molecule has 0 radical (unpaired) electrons. The predicted molar refractivity (Wildman–Crippen MR) is 79.4 cm³/mol. The Balaban J connectivity index is 4.46. The molecule has 0 bridgehead atoms. The van der Waals surface area contributed by atoms with Gasteiger partial charge in [-0.1, -0.05) is 0 Å². The summed E-state index contributed by atoms with van der Waals surface area (Å²) in [6.07, 6.45) is -8.64. The second kappa shape index (κ2) is 9.67. The van der Waals surface area contributed by atoms with Crippen molar-refractivity contribution in [2.75, 3.05) is 33.4 Å². The molecule has 24 heavy (non-hydrogen) atoms. The molecule has 142 valence electrons. The summed E-state index contributed by atoms with van der Waals surface area (Å²) in [5.74, 6) is -0.661. The van der Waals surface area contributed by atoms with Gasteiger partial charge < -0.3 is 19.9 Å². The molecule has 0 spiro atoms. The molecular formula is C14H25F3N2O5. The topological polar surface area (TPSA) is 88.1 Å². The summed E-state index contributed by atoms with van der Waals surface area (Å²) in [4.78, 5) is 24.8. The lowest BCUT2D eigenvalue weighted by Gasteiger charge is -2.27. The number of nitrogens with one attached hydrogen (secondary N) is 1. The number of amides is 2. The third kappa shape index (κ3) is 10.3. The van der Waals surface area contributed by atoms with Gasteiger partial charge in [0.25, 0.3) is 0 Å². The van der Waals surface area contributed by atoms with E-state index in [4.69, 9.17) is 14.6 Å². The zero-order valence-electron chi connectivity index (χ0n) is 14.3. The molecule has 0 aromatic heterocycles. The molecule has 0 heterocycles. The Morgan fingerprint density at radius 1 is 1.25 bits per heavy atom. The van der Waals surface area contributed by atoms with Crippen molar-refractivity contribution >= 4 is 12.0 Å². The first kappa shape index (κ1) is 22.4. The summed E-state index contributed by atoms with van der Waals surface area (Å²) in [5, 5.41) is 11.1. The monoisotopic (exact) mass is 358 g/mol. The third-order valence-corrected chi connectivity index (χ3v) is 2.67. The van der Waals surface area contributed by atoms with Crippen LogP contribution in [0.5, 0.6) is 0 Å². The molecule has 1 atom stereocenters. The number of carbonyl (C=O) groups excluding carboxylic acids is 2. The first-order valence-corrected chi connectivity index (χ1v) is 7.35. The maximum atomic E-state index is 12.1. The molecule has 2 N–H and O–H groups in total.